The lowest BCUT2D eigenvalue weighted by molar-refractivity contribution is -0.117. The third-order valence-electron chi connectivity index (χ3n) is 3.65. The third-order valence-corrected chi connectivity index (χ3v) is 3.96. The van der Waals surface area contributed by atoms with E-state index < -0.39 is 0 Å². The van der Waals surface area contributed by atoms with Gasteiger partial charge in [0.25, 0.3) is 0 Å². The Morgan fingerprint density at radius 2 is 1.76 bits per heavy atom. The Morgan fingerprint density at radius 1 is 1.14 bits per heavy atom. The highest BCUT2D eigenvalue weighted by atomic mass is 35.5. The van der Waals surface area contributed by atoms with Gasteiger partial charge < -0.3 is 10.1 Å². The van der Waals surface area contributed by atoms with Crippen molar-refractivity contribution in [2.75, 3.05) is 5.32 Å². The lowest BCUT2D eigenvalue weighted by atomic mass is 10.2. The van der Waals surface area contributed by atoms with Gasteiger partial charge in [-0.1, -0.05) is 42.8 Å². The molecular weight excluding hydrogens is 286 g/mol. The highest BCUT2D eigenvalue weighted by molar-refractivity contribution is 6.32. The van der Waals surface area contributed by atoms with Crippen molar-refractivity contribution in [3.63, 3.8) is 0 Å². The van der Waals surface area contributed by atoms with Crippen molar-refractivity contribution in [1.29, 1.82) is 0 Å². The van der Waals surface area contributed by atoms with Gasteiger partial charge in [-0.25, -0.2) is 0 Å². The van der Waals surface area contributed by atoms with Crippen LogP contribution in [-0.2, 0) is 4.79 Å². The van der Waals surface area contributed by atoms with E-state index in [2.05, 4.69) is 12.2 Å². The quantitative estimate of drug-likeness (QED) is 0.887. The summed E-state index contributed by atoms with van der Waals surface area (Å²) in [6.07, 6.45) is 0.958. The van der Waals surface area contributed by atoms with E-state index in [0.29, 0.717) is 28.1 Å². The zero-order valence-electron chi connectivity index (χ0n) is 11.7. The number of amides is 1. The molecule has 0 saturated heterocycles. The van der Waals surface area contributed by atoms with E-state index in [1.807, 2.05) is 36.4 Å². The maximum Gasteiger partial charge on any atom is 0.227 e. The molecule has 1 N–H and O–H groups in total. The molecule has 1 aliphatic rings. The van der Waals surface area contributed by atoms with Crippen LogP contribution in [0.2, 0.25) is 5.02 Å². The van der Waals surface area contributed by atoms with Gasteiger partial charge >= 0.3 is 0 Å². The SMILES string of the molecule is CC1CC1C(=O)Nc1ccccc1Oc1ccccc1Cl. The van der Waals surface area contributed by atoms with Crippen molar-refractivity contribution in [3.05, 3.63) is 53.6 Å². The fraction of sp³-hybridized carbons (Fsp3) is 0.235. The van der Waals surface area contributed by atoms with E-state index in [1.165, 1.54) is 0 Å². The Morgan fingerprint density at radius 3 is 2.43 bits per heavy atom. The zero-order chi connectivity index (χ0) is 14.8. The number of benzene rings is 2. The first-order chi connectivity index (χ1) is 10.1. The molecule has 3 nitrogen and oxygen atoms in total. The average molecular weight is 302 g/mol. The van der Waals surface area contributed by atoms with E-state index in [1.54, 1.807) is 12.1 Å². The Kier molecular flexibility index (Phi) is 3.84. The van der Waals surface area contributed by atoms with Gasteiger partial charge in [-0.3, -0.25) is 4.79 Å². The molecule has 0 radical (unpaired) electrons. The fourth-order valence-corrected chi connectivity index (χ4v) is 2.39. The van der Waals surface area contributed by atoms with Crippen LogP contribution in [0.15, 0.2) is 48.5 Å². The first kappa shape index (κ1) is 14.0. The molecule has 1 saturated carbocycles. The van der Waals surface area contributed by atoms with Crippen LogP contribution in [0.25, 0.3) is 0 Å². The summed E-state index contributed by atoms with van der Waals surface area (Å²) < 4.78 is 5.82. The number of halogens is 1. The second kappa shape index (κ2) is 5.78. The Labute approximate surface area is 128 Å². The lowest BCUT2D eigenvalue weighted by Crippen LogP contribution is -2.14. The molecule has 4 heteroatoms. The van der Waals surface area contributed by atoms with Crippen LogP contribution in [0.1, 0.15) is 13.3 Å². The lowest BCUT2D eigenvalue weighted by Gasteiger charge is -2.13. The molecule has 1 aliphatic carbocycles. The van der Waals surface area contributed by atoms with Crippen LogP contribution in [0.3, 0.4) is 0 Å². The van der Waals surface area contributed by atoms with Crippen molar-refractivity contribution in [3.8, 4) is 11.5 Å². The van der Waals surface area contributed by atoms with E-state index in [-0.39, 0.29) is 11.8 Å². The summed E-state index contributed by atoms with van der Waals surface area (Å²) in [5, 5.41) is 3.47. The topological polar surface area (TPSA) is 38.3 Å². The molecule has 21 heavy (non-hydrogen) atoms. The number of anilines is 1. The smallest absolute Gasteiger partial charge is 0.227 e. The summed E-state index contributed by atoms with van der Waals surface area (Å²) >= 11 is 6.10. The molecule has 108 valence electrons. The summed E-state index contributed by atoms with van der Waals surface area (Å²) in [5.74, 6) is 1.81. The second-order valence-corrected chi connectivity index (χ2v) is 5.74. The maximum atomic E-state index is 12.1. The minimum atomic E-state index is 0.0534. The Hall–Kier alpha value is -2.00. The average Bonchev–Trinajstić information content (AvgIpc) is 3.20. The number of ether oxygens (including phenoxy) is 1. The van der Waals surface area contributed by atoms with Crippen molar-refractivity contribution in [2.24, 2.45) is 11.8 Å². The van der Waals surface area contributed by atoms with E-state index >= 15 is 0 Å². The molecule has 2 aromatic rings. The number of hydrogen-bond acceptors (Lipinski definition) is 2. The first-order valence-corrected chi connectivity index (χ1v) is 7.35. The number of carbonyl (C=O) groups excluding carboxylic acids is 1. The van der Waals surface area contributed by atoms with Gasteiger partial charge in [-0.15, -0.1) is 0 Å². The van der Waals surface area contributed by atoms with Crippen molar-refractivity contribution >= 4 is 23.2 Å². The molecule has 3 rings (SSSR count). The molecule has 0 spiro atoms. The normalized spacial score (nSPS) is 19.9. The Balaban J connectivity index is 1.79. The van der Waals surface area contributed by atoms with E-state index in [0.717, 1.165) is 6.42 Å². The van der Waals surface area contributed by atoms with Crippen LogP contribution in [0.4, 0.5) is 5.69 Å². The van der Waals surface area contributed by atoms with E-state index in [4.69, 9.17) is 16.3 Å². The number of para-hydroxylation sites is 3. The van der Waals surface area contributed by atoms with Gasteiger partial charge in [0.2, 0.25) is 5.91 Å². The molecule has 0 aromatic heterocycles. The predicted molar refractivity (Wildman–Crippen MR) is 83.9 cm³/mol. The van der Waals surface area contributed by atoms with Crippen LogP contribution in [-0.4, -0.2) is 5.91 Å². The van der Waals surface area contributed by atoms with Crippen LogP contribution < -0.4 is 10.1 Å². The highest BCUT2D eigenvalue weighted by Gasteiger charge is 2.39. The number of hydrogen-bond donors (Lipinski definition) is 1. The van der Waals surface area contributed by atoms with Gasteiger partial charge in [0.1, 0.15) is 5.75 Å². The van der Waals surface area contributed by atoms with E-state index in [9.17, 15) is 4.79 Å². The number of rotatable bonds is 4. The van der Waals surface area contributed by atoms with Gasteiger partial charge in [0, 0.05) is 5.92 Å². The number of carbonyl (C=O) groups is 1. The fourth-order valence-electron chi connectivity index (χ4n) is 2.22. The zero-order valence-corrected chi connectivity index (χ0v) is 12.4. The van der Waals surface area contributed by atoms with Gasteiger partial charge in [0.15, 0.2) is 5.75 Å². The van der Waals surface area contributed by atoms with Crippen LogP contribution in [0.5, 0.6) is 11.5 Å². The predicted octanol–water partition coefficient (Wildman–Crippen LogP) is 4.73. The monoisotopic (exact) mass is 301 g/mol. The summed E-state index contributed by atoms with van der Waals surface area (Å²) in [7, 11) is 0. The minimum Gasteiger partial charge on any atom is -0.454 e. The maximum absolute atomic E-state index is 12.1. The third kappa shape index (κ3) is 3.19. The van der Waals surface area contributed by atoms with Gasteiger partial charge in [0.05, 0.1) is 10.7 Å². The van der Waals surface area contributed by atoms with Gasteiger partial charge in [-0.2, -0.15) is 0 Å². The summed E-state index contributed by atoms with van der Waals surface area (Å²) in [5.41, 5.74) is 0.668. The molecule has 0 aliphatic heterocycles. The van der Waals surface area contributed by atoms with Crippen molar-refractivity contribution < 1.29 is 9.53 Å². The molecular formula is C17H16ClNO2. The molecule has 0 heterocycles. The molecule has 1 amide bonds. The molecule has 2 aromatic carbocycles. The van der Waals surface area contributed by atoms with Gasteiger partial charge in [-0.05, 0) is 36.6 Å². The molecule has 2 unspecified atom stereocenters. The van der Waals surface area contributed by atoms with Crippen LogP contribution in [0, 0.1) is 11.8 Å². The first-order valence-electron chi connectivity index (χ1n) is 6.97. The van der Waals surface area contributed by atoms with Crippen molar-refractivity contribution in [1.82, 2.24) is 0 Å². The Bertz CT molecular complexity index is 671. The number of nitrogens with one attached hydrogen (secondary N) is 1. The summed E-state index contributed by atoms with van der Waals surface area (Å²) in [4.78, 5) is 12.1. The molecule has 0 bridgehead atoms. The standard InChI is InChI=1S/C17H16ClNO2/c1-11-10-12(11)17(20)19-14-7-3-5-9-16(14)21-15-8-4-2-6-13(15)18/h2-9,11-12H,10H2,1H3,(H,19,20). The largest absolute Gasteiger partial charge is 0.454 e. The van der Waals surface area contributed by atoms with Crippen LogP contribution >= 0.6 is 11.6 Å². The molecule has 2 atom stereocenters. The highest BCUT2D eigenvalue weighted by Crippen LogP contribution is 2.40. The minimum absolute atomic E-state index is 0.0534. The molecule has 1 fully saturated rings. The second-order valence-electron chi connectivity index (χ2n) is 5.34. The summed E-state index contributed by atoms with van der Waals surface area (Å²) in [6.45, 7) is 2.08. The summed E-state index contributed by atoms with van der Waals surface area (Å²) in [6, 6.07) is 14.6. The van der Waals surface area contributed by atoms with Crippen molar-refractivity contribution in [2.45, 2.75) is 13.3 Å².